The van der Waals surface area contributed by atoms with Gasteiger partial charge in [0.1, 0.15) is 19.0 Å². The average Bonchev–Trinajstić information content (AvgIpc) is 2.67. The van der Waals surface area contributed by atoms with E-state index in [9.17, 15) is 4.79 Å². The van der Waals surface area contributed by atoms with Crippen LogP contribution >= 0.6 is 0 Å². The minimum absolute atomic E-state index is 0.129. The van der Waals surface area contributed by atoms with E-state index in [0.717, 1.165) is 22.6 Å². The first-order chi connectivity index (χ1) is 12.6. The highest BCUT2D eigenvalue weighted by atomic mass is 16.6. The summed E-state index contributed by atoms with van der Waals surface area (Å²) in [4.78, 5) is 12.6. The third kappa shape index (κ3) is 4.28. The molecular weight excluding hydrogens is 330 g/mol. The van der Waals surface area contributed by atoms with E-state index in [0.29, 0.717) is 25.4 Å². The Hall–Kier alpha value is -2.69. The van der Waals surface area contributed by atoms with Gasteiger partial charge in [-0.15, -0.1) is 0 Å². The Morgan fingerprint density at radius 1 is 1.12 bits per heavy atom. The maximum atomic E-state index is 12.6. The molecule has 3 rings (SSSR count). The first-order valence-electron chi connectivity index (χ1n) is 9.00. The van der Waals surface area contributed by atoms with Crippen LogP contribution in [0.4, 0.5) is 0 Å². The molecule has 0 radical (unpaired) electrons. The summed E-state index contributed by atoms with van der Waals surface area (Å²) in [6.45, 7) is 7.00. The van der Waals surface area contributed by atoms with Crippen LogP contribution in [0.15, 0.2) is 42.5 Å². The van der Waals surface area contributed by atoms with Crippen molar-refractivity contribution in [1.29, 1.82) is 0 Å². The summed E-state index contributed by atoms with van der Waals surface area (Å²) >= 11 is 0. The summed E-state index contributed by atoms with van der Waals surface area (Å²) < 4.78 is 17.0. The number of fused-ring (bicyclic) bond motifs is 1. The molecule has 2 aromatic carbocycles. The van der Waals surface area contributed by atoms with Gasteiger partial charge >= 0.3 is 0 Å². The molecule has 0 bridgehead atoms. The number of nitrogens with one attached hydrogen (secondary N) is 1. The molecule has 1 aliphatic rings. The molecule has 0 aliphatic carbocycles. The van der Waals surface area contributed by atoms with Crippen LogP contribution in [-0.2, 0) is 4.79 Å². The van der Waals surface area contributed by atoms with Crippen molar-refractivity contribution in [2.24, 2.45) is 0 Å². The second-order valence-electron chi connectivity index (χ2n) is 6.46. The lowest BCUT2D eigenvalue weighted by molar-refractivity contribution is -0.128. The van der Waals surface area contributed by atoms with E-state index >= 15 is 0 Å². The van der Waals surface area contributed by atoms with Gasteiger partial charge in [-0.05, 0) is 50.1 Å². The fraction of sp³-hybridized carbons (Fsp3) is 0.381. The zero-order chi connectivity index (χ0) is 18.5. The lowest BCUT2D eigenvalue weighted by Gasteiger charge is -2.23. The Balaban J connectivity index is 1.64. The van der Waals surface area contributed by atoms with E-state index < -0.39 is 6.10 Å². The number of ether oxygens (including phenoxy) is 3. The third-order valence-corrected chi connectivity index (χ3v) is 4.39. The van der Waals surface area contributed by atoms with Gasteiger partial charge in [-0.25, -0.2) is 0 Å². The molecule has 26 heavy (non-hydrogen) atoms. The second-order valence-corrected chi connectivity index (χ2v) is 6.46. The summed E-state index contributed by atoms with van der Waals surface area (Å²) in [5.41, 5.74) is 2.12. The van der Waals surface area contributed by atoms with Gasteiger partial charge in [0.25, 0.3) is 5.91 Å². The standard InChI is InChI=1S/C21H25NO4/c1-4-18(26-17-8-5-14(2)6-9-17)21(23)22-15(3)16-7-10-19-20(13-16)25-12-11-24-19/h5-10,13,15,18H,4,11-12H2,1-3H3,(H,22,23)/t15-,18+/m1/s1. The molecule has 5 heteroatoms. The highest BCUT2D eigenvalue weighted by Gasteiger charge is 2.22. The average molecular weight is 355 g/mol. The van der Waals surface area contributed by atoms with Gasteiger partial charge in [-0.1, -0.05) is 30.7 Å². The fourth-order valence-electron chi connectivity index (χ4n) is 2.82. The molecule has 0 fully saturated rings. The number of carbonyl (C=O) groups excluding carboxylic acids is 1. The van der Waals surface area contributed by atoms with Crippen LogP contribution in [0.25, 0.3) is 0 Å². The lowest BCUT2D eigenvalue weighted by Crippen LogP contribution is -2.39. The number of hydrogen-bond donors (Lipinski definition) is 1. The summed E-state index contributed by atoms with van der Waals surface area (Å²) in [5.74, 6) is 2.03. The molecule has 138 valence electrons. The third-order valence-electron chi connectivity index (χ3n) is 4.39. The van der Waals surface area contributed by atoms with Crippen molar-refractivity contribution in [2.75, 3.05) is 13.2 Å². The van der Waals surface area contributed by atoms with Crippen molar-refractivity contribution in [3.05, 3.63) is 53.6 Å². The molecule has 2 aromatic rings. The zero-order valence-electron chi connectivity index (χ0n) is 15.5. The smallest absolute Gasteiger partial charge is 0.261 e. The normalized spacial score (nSPS) is 15.0. The van der Waals surface area contributed by atoms with Crippen molar-refractivity contribution in [2.45, 2.75) is 39.3 Å². The van der Waals surface area contributed by atoms with Gasteiger partial charge in [0.2, 0.25) is 0 Å². The Bertz CT molecular complexity index is 757. The first-order valence-corrected chi connectivity index (χ1v) is 9.00. The van der Waals surface area contributed by atoms with Crippen LogP contribution in [0.2, 0.25) is 0 Å². The van der Waals surface area contributed by atoms with Gasteiger partial charge in [-0.2, -0.15) is 0 Å². The molecule has 1 aliphatic heterocycles. The Labute approximate surface area is 154 Å². The quantitative estimate of drug-likeness (QED) is 0.856. The van der Waals surface area contributed by atoms with E-state index in [1.54, 1.807) is 0 Å². The molecular formula is C21H25NO4. The zero-order valence-corrected chi connectivity index (χ0v) is 15.5. The Morgan fingerprint density at radius 2 is 1.81 bits per heavy atom. The SMILES string of the molecule is CC[C@H](Oc1ccc(C)cc1)C(=O)N[C@H](C)c1ccc2c(c1)OCCO2. The van der Waals surface area contributed by atoms with Gasteiger partial charge < -0.3 is 19.5 Å². The molecule has 1 N–H and O–H groups in total. The van der Waals surface area contributed by atoms with Gasteiger partial charge in [-0.3, -0.25) is 4.79 Å². The Kier molecular flexibility index (Phi) is 5.66. The second kappa shape index (κ2) is 8.13. The number of benzene rings is 2. The van der Waals surface area contributed by atoms with Crippen molar-refractivity contribution in [3.63, 3.8) is 0 Å². The minimum atomic E-state index is -0.530. The minimum Gasteiger partial charge on any atom is -0.486 e. The summed E-state index contributed by atoms with van der Waals surface area (Å²) in [6, 6.07) is 13.3. The number of amides is 1. The topological polar surface area (TPSA) is 56.8 Å². The maximum Gasteiger partial charge on any atom is 0.261 e. The van der Waals surface area contributed by atoms with Gasteiger partial charge in [0.05, 0.1) is 6.04 Å². The van der Waals surface area contributed by atoms with Gasteiger partial charge in [0.15, 0.2) is 17.6 Å². The molecule has 2 atom stereocenters. The number of hydrogen-bond acceptors (Lipinski definition) is 4. The highest BCUT2D eigenvalue weighted by molar-refractivity contribution is 5.81. The maximum absolute atomic E-state index is 12.6. The van der Waals surface area contributed by atoms with Crippen LogP contribution in [0.1, 0.15) is 37.4 Å². The molecule has 0 aromatic heterocycles. The monoisotopic (exact) mass is 355 g/mol. The molecule has 1 heterocycles. The number of rotatable bonds is 6. The van der Waals surface area contributed by atoms with Crippen molar-refractivity contribution < 1.29 is 19.0 Å². The van der Waals surface area contributed by atoms with Crippen molar-refractivity contribution in [1.82, 2.24) is 5.32 Å². The number of carbonyl (C=O) groups is 1. The number of aryl methyl sites for hydroxylation is 1. The van der Waals surface area contributed by atoms with Crippen LogP contribution in [0, 0.1) is 6.92 Å². The summed E-state index contributed by atoms with van der Waals surface area (Å²) in [6.07, 6.45) is 0.0606. The van der Waals surface area contributed by atoms with E-state index in [1.807, 2.05) is 63.2 Å². The van der Waals surface area contributed by atoms with Crippen molar-refractivity contribution in [3.8, 4) is 17.2 Å². The first kappa shape index (κ1) is 18.1. The van der Waals surface area contributed by atoms with E-state index in [4.69, 9.17) is 14.2 Å². The fourth-order valence-corrected chi connectivity index (χ4v) is 2.82. The van der Waals surface area contributed by atoms with Crippen LogP contribution in [0.3, 0.4) is 0 Å². The molecule has 1 amide bonds. The van der Waals surface area contributed by atoms with Crippen LogP contribution in [-0.4, -0.2) is 25.2 Å². The van der Waals surface area contributed by atoms with Gasteiger partial charge in [0, 0.05) is 0 Å². The van der Waals surface area contributed by atoms with Crippen LogP contribution < -0.4 is 19.5 Å². The van der Waals surface area contributed by atoms with E-state index in [2.05, 4.69) is 5.32 Å². The van der Waals surface area contributed by atoms with Crippen molar-refractivity contribution >= 4 is 5.91 Å². The summed E-state index contributed by atoms with van der Waals surface area (Å²) in [5, 5.41) is 3.03. The molecule has 0 unspecified atom stereocenters. The molecule has 0 spiro atoms. The van der Waals surface area contributed by atoms with E-state index in [1.165, 1.54) is 0 Å². The highest BCUT2D eigenvalue weighted by Crippen LogP contribution is 2.32. The lowest BCUT2D eigenvalue weighted by atomic mass is 10.1. The van der Waals surface area contributed by atoms with E-state index in [-0.39, 0.29) is 11.9 Å². The molecule has 0 saturated carbocycles. The van der Waals surface area contributed by atoms with Crippen LogP contribution in [0.5, 0.6) is 17.2 Å². The largest absolute Gasteiger partial charge is 0.486 e. The predicted octanol–water partition coefficient (Wildman–Crippen LogP) is 3.80. The molecule has 5 nitrogen and oxygen atoms in total. The Morgan fingerprint density at radius 3 is 2.50 bits per heavy atom. The molecule has 0 saturated heterocycles. The summed E-state index contributed by atoms with van der Waals surface area (Å²) in [7, 11) is 0. The predicted molar refractivity (Wildman–Crippen MR) is 99.9 cm³/mol.